The lowest BCUT2D eigenvalue weighted by molar-refractivity contribution is -0.159. The minimum atomic E-state index is -4.73. The van der Waals surface area contributed by atoms with Crippen molar-refractivity contribution < 1.29 is 32.0 Å². The van der Waals surface area contributed by atoms with Crippen LogP contribution in [0, 0.1) is 0 Å². The van der Waals surface area contributed by atoms with E-state index in [4.69, 9.17) is 9.47 Å². The molecule has 8 nitrogen and oxygen atoms in total. The lowest BCUT2D eigenvalue weighted by Crippen LogP contribution is -2.28. The van der Waals surface area contributed by atoms with Crippen molar-refractivity contribution in [3.8, 4) is 17.4 Å². The fraction of sp³-hybridized carbons (Fsp3) is 0.176. The van der Waals surface area contributed by atoms with Gasteiger partial charge in [0.15, 0.2) is 12.4 Å². The molecule has 3 rings (SSSR count). The minimum Gasteiger partial charge on any atom is -0.484 e. The molecule has 1 amide bonds. The van der Waals surface area contributed by atoms with Crippen LogP contribution in [0.4, 0.5) is 13.2 Å². The van der Waals surface area contributed by atoms with E-state index in [1.54, 1.807) is 48.7 Å². The lowest BCUT2D eigenvalue weighted by atomic mass is 10.3. The van der Waals surface area contributed by atoms with E-state index < -0.39 is 18.0 Å². The number of alkyl halides is 3. The highest BCUT2D eigenvalue weighted by Crippen LogP contribution is 2.27. The first-order chi connectivity index (χ1) is 13.4. The Kier molecular flexibility index (Phi) is 5.72. The first kappa shape index (κ1) is 19.1. The van der Waals surface area contributed by atoms with Crippen LogP contribution in [0.1, 0.15) is 11.7 Å². The molecule has 0 aliphatic rings. The Morgan fingerprint density at radius 3 is 2.50 bits per heavy atom. The normalized spacial score (nSPS) is 11.1. The van der Waals surface area contributed by atoms with E-state index in [9.17, 15) is 18.0 Å². The highest BCUT2D eigenvalue weighted by molar-refractivity contribution is 5.77. The van der Waals surface area contributed by atoms with Crippen LogP contribution < -0.4 is 14.8 Å². The number of carbonyl (C=O) groups excluding carboxylic acids is 1. The summed E-state index contributed by atoms with van der Waals surface area (Å²) in [4.78, 5) is 18.9. The first-order valence-corrected chi connectivity index (χ1v) is 7.88. The molecule has 0 radical (unpaired) electrons. The standard InChI is InChI=1S/C17H13F3N4O4/c18-17(19,20)16-23-13(24-28-16)9-22-14(25)10-26-11-4-6-12(7-5-11)27-15-3-1-2-8-21-15/h1-8H,9-10H2,(H,22,25). The molecule has 1 aromatic carbocycles. The van der Waals surface area contributed by atoms with E-state index in [0.717, 1.165) is 0 Å². The van der Waals surface area contributed by atoms with Crippen molar-refractivity contribution in [3.05, 3.63) is 60.4 Å². The van der Waals surface area contributed by atoms with Gasteiger partial charge in [-0.3, -0.25) is 4.79 Å². The van der Waals surface area contributed by atoms with Gasteiger partial charge in [-0.2, -0.15) is 18.2 Å². The summed E-state index contributed by atoms with van der Waals surface area (Å²) in [7, 11) is 0. The summed E-state index contributed by atoms with van der Waals surface area (Å²) in [6.45, 7) is -0.664. The summed E-state index contributed by atoms with van der Waals surface area (Å²) in [5, 5.41) is 5.47. The number of halogens is 3. The second-order valence-electron chi connectivity index (χ2n) is 5.32. The minimum absolute atomic E-state index is 0.295. The van der Waals surface area contributed by atoms with Crippen LogP contribution in [0.5, 0.6) is 17.4 Å². The highest BCUT2D eigenvalue weighted by atomic mass is 19.4. The summed E-state index contributed by atoms with van der Waals surface area (Å²) >= 11 is 0. The Morgan fingerprint density at radius 2 is 1.86 bits per heavy atom. The predicted octanol–water partition coefficient (Wildman–Crippen LogP) is 2.97. The number of pyridine rings is 1. The second kappa shape index (κ2) is 8.37. The number of aromatic nitrogens is 3. The zero-order chi connectivity index (χ0) is 20.0. The number of ether oxygens (including phenoxy) is 2. The highest BCUT2D eigenvalue weighted by Gasteiger charge is 2.38. The topological polar surface area (TPSA) is 99.4 Å². The van der Waals surface area contributed by atoms with Gasteiger partial charge in [0.2, 0.25) is 5.88 Å². The molecule has 0 aliphatic carbocycles. The molecular weight excluding hydrogens is 381 g/mol. The molecule has 146 valence electrons. The van der Waals surface area contributed by atoms with Gasteiger partial charge in [-0.15, -0.1) is 0 Å². The van der Waals surface area contributed by atoms with Crippen molar-refractivity contribution in [3.63, 3.8) is 0 Å². The van der Waals surface area contributed by atoms with E-state index in [1.165, 1.54) is 0 Å². The van der Waals surface area contributed by atoms with Crippen molar-refractivity contribution in [1.82, 2.24) is 20.4 Å². The molecule has 3 aromatic rings. The fourth-order valence-electron chi connectivity index (χ4n) is 1.95. The number of rotatable bonds is 7. The van der Waals surface area contributed by atoms with Gasteiger partial charge in [0.25, 0.3) is 5.91 Å². The number of hydrogen-bond donors (Lipinski definition) is 1. The van der Waals surface area contributed by atoms with E-state index >= 15 is 0 Å². The average Bonchev–Trinajstić information content (AvgIpc) is 3.16. The van der Waals surface area contributed by atoms with E-state index in [-0.39, 0.29) is 19.0 Å². The van der Waals surface area contributed by atoms with Gasteiger partial charge in [-0.05, 0) is 30.3 Å². The SMILES string of the molecule is O=C(COc1ccc(Oc2ccccn2)cc1)NCc1noc(C(F)(F)F)n1. The molecule has 0 aliphatic heterocycles. The van der Waals surface area contributed by atoms with Crippen LogP contribution in [-0.4, -0.2) is 27.6 Å². The third kappa shape index (κ3) is 5.43. The van der Waals surface area contributed by atoms with Crippen LogP contribution >= 0.6 is 0 Å². The molecule has 1 N–H and O–H groups in total. The van der Waals surface area contributed by atoms with Gasteiger partial charge in [-0.25, -0.2) is 4.98 Å². The van der Waals surface area contributed by atoms with Crippen molar-refractivity contribution in [2.24, 2.45) is 0 Å². The summed E-state index contributed by atoms with van der Waals surface area (Å²) < 4.78 is 51.9. The molecule has 2 heterocycles. The summed E-state index contributed by atoms with van der Waals surface area (Å²) in [6.07, 6.45) is -3.13. The summed E-state index contributed by atoms with van der Waals surface area (Å²) in [5.74, 6) is -0.953. The molecule has 2 aromatic heterocycles. The number of amides is 1. The molecule has 11 heteroatoms. The Bertz CT molecular complexity index is 914. The van der Waals surface area contributed by atoms with Gasteiger partial charge < -0.3 is 19.3 Å². The maximum absolute atomic E-state index is 12.3. The van der Waals surface area contributed by atoms with E-state index in [2.05, 4.69) is 25.0 Å². The van der Waals surface area contributed by atoms with Crippen LogP contribution in [-0.2, 0) is 17.5 Å². The molecule has 0 bridgehead atoms. The number of nitrogens with zero attached hydrogens (tertiary/aromatic N) is 3. The molecule has 0 saturated carbocycles. The van der Waals surface area contributed by atoms with Crippen LogP contribution in [0.2, 0.25) is 0 Å². The number of carbonyl (C=O) groups is 1. The van der Waals surface area contributed by atoms with Gasteiger partial charge >= 0.3 is 12.1 Å². The zero-order valence-electron chi connectivity index (χ0n) is 14.1. The van der Waals surface area contributed by atoms with Crippen molar-refractivity contribution >= 4 is 5.91 Å². The molecule has 0 saturated heterocycles. The summed E-state index contributed by atoms with van der Waals surface area (Å²) in [5.41, 5.74) is 0. The molecule has 0 atom stereocenters. The summed E-state index contributed by atoms with van der Waals surface area (Å²) in [6, 6.07) is 11.7. The van der Waals surface area contributed by atoms with Crippen molar-refractivity contribution in [2.45, 2.75) is 12.7 Å². The monoisotopic (exact) mass is 394 g/mol. The Morgan fingerprint density at radius 1 is 1.11 bits per heavy atom. The van der Waals surface area contributed by atoms with Crippen LogP contribution in [0.15, 0.2) is 53.2 Å². The second-order valence-corrected chi connectivity index (χ2v) is 5.32. The van der Waals surface area contributed by atoms with Crippen molar-refractivity contribution in [1.29, 1.82) is 0 Å². The van der Waals surface area contributed by atoms with Gasteiger partial charge in [0.05, 0.1) is 6.54 Å². The van der Waals surface area contributed by atoms with Crippen LogP contribution in [0.3, 0.4) is 0 Å². The van der Waals surface area contributed by atoms with E-state index in [1.807, 2.05) is 0 Å². The smallest absolute Gasteiger partial charge is 0.471 e. The third-order valence-electron chi connectivity index (χ3n) is 3.21. The molecular formula is C17H13F3N4O4. The molecule has 0 fully saturated rings. The van der Waals surface area contributed by atoms with E-state index in [0.29, 0.717) is 17.4 Å². The van der Waals surface area contributed by atoms with Crippen molar-refractivity contribution in [2.75, 3.05) is 6.61 Å². The lowest BCUT2D eigenvalue weighted by Gasteiger charge is -2.08. The van der Waals surface area contributed by atoms with Gasteiger partial charge in [0.1, 0.15) is 11.5 Å². The Hall–Kier alpha value is -3.63. The number of nitrogens with one attached hydrogen (secondary N) is 1. The predicted molar refractivity (Wildman–Crippen MR) is 87.4 cm³/mol. The van der Waals surface area contributed by atoms with Crippen LogP contribution in [0.25, 0.3) is 0 Å². The maximum atomic E-state index is 12.3. The zero-order valence-corrected chi connectivity index (χ0v) is 14.1. The third-order valence-corrected chi connectivity index (χ3v) is 3.21. The molecule has 0 spiro atoms. The molecule has 0 unspecified atom stereocenters. The van der Waals surface area contributed by atoms with Gasteiger partial charge in [-0.1, -0.05) is 11.2 Å². The largest absolute Gasteiger partial charge is 0.484 e. The number of benzene rings is 1. The Labute approximate surface area is 156 Å². The average molecular weight is 394 g/mol. The number of hydrogen-bond acceptors (Lipinski definition) is 7. The maximum Gasteiger partial charge on any atom is 0.471 e. The fourth-order valence-corrected chi connectivity index (χ4v) is 1.95. The van der Waals surface area contributed by atoms with Gasteiger partial charge in [0, 0.05) is 12.3 Å². The molecule has 28 heavy (non-hydrogen) atoms. The Balaban J connectivity index is 1.43. The quantitative estimate of drug-likeness (QED) is 0.658. The first-order valence-electron chi connectivity index (χ1n) is 7.88.